The lowest BCUT2D eigenvalue weighted by atomic mass is 9.97. The fourth-order valence-corrected chi connectivity index (χ4v) is 4.33. The van der Waals surface area contributed by atoms with Crippen LogP contribution < -0.4 is 0 Å². The molecule has 0 radical (unpaired) electrons. The molecule has 2 amide bonds. The Labute approximate surface area is 182 Å². The van der Waals surface area contributed by atoms with E-state index in [2.05, 4.69) is 19.9 Å². The van der Waals surface area contributed by atoms with Crippen molar-refractivity contribution >= 4 is 28.1 Å². The summed E-state index contributed by atoms with van der Waals surface area (Å²) in [5.41, 5.74) is 1.64. The van der Waals surface area contributed by atoms with E-state index in [1.807, 2.05) is 9.47 Å². The lowest BCUT2D eigenvalue weighted by Crippen LogP contribution is -2.44. The van der Waals surface area contributed by atoms with E-state index in [0.717, 1.165) is 19.0 Å². The Hall–Kier alpha value is -3.56. The molecular formula is C22H23F2N7O. The first-order chi connectivity index (χ1) is 15.4. The van der Waals surface area contributed by atoms with Gasteiger partial charge in [0.25, 0.3) is 0 Å². The molecule has 5 heterocycles. The monoisotopic (exact) mass is 439 g/mol. The molecule has 0 spiro atoms. The first-order valence-electron chi connectivity index (χ1n) is 10.5. The summed E-state index contributed by atoms with van der Waals surface area (Å²) in [6, 6.07) is 1.40. The van der Waals surface area contributed by atoms with Gasteiger partial charge in [-0.05, 0) is 24.8 Å². The third kappa shape index (κ3) is 3.55. The molecule has 10 heteroatoms. The molecule has 8 nitrogen and oxygen atoms in total. The SMILES string of the molecule is CN(C)C(=O)N1CCC(Cn2cc(F)c3cnc(-c4c[nH]c5ncc(F)cc45)nc32)CC1. The van der Waals surface area contributed by atoms with Gasteiger partial charge in [-0.3, -0.25) is 0 Å². The van der Waals surface area contributed by atoms with Gasteiger partial charge < -0.3 is 19.4 Å². The molecule has 32 heavy (non-hydrogen) atoms. The molecule has 0 atom stereocenters. The third-order valence-corrected chi connectivity index (χ3v) is 6.03. The molecule has 1 aliphatic heterocycles. The lowest BCUT2D eigenvalue weighted by Gasteiger charge is -2.33. The Morgan fingerprint density at radius 2 is 1.97 bits per heavy atom. The highest BCUT2D eigenvalue weighted by Crippen LogP contribution is 2.29. The molecule has 0 unspecified atom stereocenters. The number of carbonyl (C=O) groups excluding carboxylic acids is 1. The number of carbonyl (C=O) groups is 1. The van der Waals surface area contributed by atoms with E-state index in [9.17, 15) is 13.6 Å². The zero-order valence-corrected chi connectivity index (χ0v) is 17.8. The third-order valence-electron chi connectivity index (χ3n) is 6.03. The van der Waals surface area contributed by atoms with Crippen molar-refractivity contribution in [2.45, 2.75) is 19.4 Å². The van der Waals surface area contributed by atoms with Crippen molar-refractivity contribution in [3.8, 4) is 11.4 Å². The molecule has 0 saturated carbocycles. The quantitative estimate of drug-likeness (QED) is 0.528. The second-order valence-electron chi connectivity index (χ2n) is 8.42. The Morgan fingerprint density at radius 1 is 1.19 bits per heavy atom. The Morgan fingerprint density at radius 3 is 2.72 bits per heavy atom. The number of urea groups is 1. The average Bonchev–Trinajstić information content (AvgIpc) is 3.34. The van der Waals surface area contributed by atoms with Gasteiger partial charge >= 0.3 is 6.03 Å². The van der Waals surface area contributed by atoms with Gasteiger partial charge in [0, 0.05) is 63.3 Å². The van der Waals surface area contributed by atoms with Crippen molar-refractivity contribution in [1.82, 2.24) is 34.3 Å². The summed E-state index contributed by atoms with van der Waals surface area (Å²) in [4.78, 5) is 31.5. The van der Waals surface area contributed by atoms with Crippen LogP contribution in [-0.2, 0) is 6.54 Å². The minimum atomic E-state index is -0.451. The number of rotatable bonds is 3. The second-order valence-corrected chi connectivity index (χ2v) is 8.42. The number of hydrogen-bond donors (Lipinski definition) is 1. The van der Waals surface area contributed by atoms with Crippen LogP contribution in [0.4, 0.5) is 13.6 Å². The zero-order chi connectivity index (χ0) is 22.4. The number of amides is 2. The molecule has 1 saturated heterocycles. The van der Waals surface area contributed by atoms with Crippen LogP contribution in [0.5, 0.6) is 0 Å². The normalized spacial score (nSPS) is 15.1. The number of H-pyrrole nitrogens is 1. The van der Waals surface area contributed by atoms with Gasteiger partial charge in [-0.25, -0.2) is 28.5 Å². The summed E-state index contributed by atoms with van der Waals surface area (Å²) < 4.78 is 30.1. The van der Waals surface area contributed by atoms with Crippen LogP contribution in [-0.4, -0.2) is 67.5 Å². The Kier molecular flexibility index (Phi) is 4.99. The van der Waals surface area contributed by atoms with Crippen LogP contribution >= 0.6 is 0 Å². The molecule has 1 N–H and O–H groups in total. The molecule has 0 aliphatic carbocycles. The number of fused-ring (bicyclic) bond motifs is 2. The Balaban J connectivity index is 1.42. The average molecular weight is 439 g/mol. The first-order valence-corrected chi connectivity index (χ1v) is 10.5. The van der Waals surface area contributed by atoms with E-state index >= 15 is 0 Å². The van der Waals surface area contributed by atoms with Crippen molar-refractivity contribution < 1.29 is 13.6 Å². The summed E-state index contributed by atoms with van der Waals surface area (Å²) in [5.74, 6) is -0.144. The topological polar surface area (TPSA) is 82.9 Å². The minimum absolute atomic E-state index is 0.0166. The maximum Gasteiger partial charge on any atom is 0.319 e. The molecule has 0 bridgehead atoms. The summed E-state index contributed by atoms with van der Waals surface area (Å²) in [7, 11) is 3.50. The van der Waals surface area contributed by atoms with E-state index < -0.39 is 5.82 Å². The lowest BCUT2D eigenvalue weighted by molar-refractivity contribution is 0.144. The molecule has 0 aromatic carbocycles. The van der Waals surface area contributed by atoms with Gasteiger partial charge in [0.05, 0.1) is 11.6 Å². The van der Waals surface area contributed by atoms with Crippen molar-refractivity contribution in [3.05, 3.63) is 42.5 Å². The first kappa shape index (κ1) is 20.3. The predicted molar refractivity (Wildman–Crippen MR) is 116 cm³/mol. The number of hydrogen-bond acceptors (Lipinski definition) is 4. The van der Waals surface area contributed by atoms with E-state index in [4.69, 9.17) is 0 Å². The van der Waals surface area contributed by atoms with Crippen LogP contribution in [0.25, 0.3) is 33.5 Å². The number of aromatic nitrogens is 5. The fraction of sp³-hybridized carbons (Fsp3) is 0.364. The fourth-order valence-electron chi connectivity index (χ4n) is 4.33. The molecular weight excluding hydrogens is 416 g/mol. The van der Waals surface area contributed by atoms with Gasteiger partial charge in [-0.1, -0.05) is 0 Å². The van der Waals surface area contributed by atoms with Crippen LogP contribution in [0, 0.1) is 17.6 Å². The summed E-state index contributed by atoms with van der Waals surface area (Å²) in [6.07, 6.45) is 7.42. The standard InChI is InChI=1S/C22H23F2N7O/c1-29(2)22(32)30-5-3-13(4-6-30)11-31-12-18(24)17-10-27-20(28-21(17)31)16-9-26-19-15(16)7-14(23)8-25-19/h7-10,12-13H,3-6,11H2,1-2H3,(H,25,26). The van der Waals surface area contributed by atoms with Crippen molar-refractivity contribution in [2.75, 3.05) is 27.2 Å². The summed E-state index contributed by atoms with van der Waals surface area (Å²) in [6.45, 7) is 1.96. The minimum Gasteiger partial charge on any atom is -0.345 e. The number of halogens is 2. The van der Waals surface area contributed by atoms with E-state index in [0.29, 0.717) is 59.0 Å². The van der Waals surface area contributed by atoms with E-state index in [-0.39, 0.29) is 11.8 Å². The number of aromatic amines is 1. The smallest absolute Gasteiger partial charge is 0.319 e. The zero-order valence-electron chi connectivity index (χ0n) is 17.8. The number of piperidine rings is 1. The maximum absolute atomic E-state index is 14.6. The molecule has 1 aliphatic rings. The van der Waals surface area contributed by atoms with E-state index in [1.165, 1.54) is 18.5 Å². The van der Waals surface area contributed by atoms with Crippen LogP contribution in [0.3, 0.4) is 0 Å². The van der Waals surface area contributed by atoms with Gasteiger partial charge in [-0.15, -0.1) is 0 Å². The molecule has 1 fully saturated rings. The largest absolute Gasteiger partial charge is 0.345 e. The second kappa shape index (κ2) is 7.85. The summed E-state index contributed by atoms with van der Waals surface area (Å²) >= 11 is 0. The van der Waals surface area contributed by atoms with Gasteiger partial charge in [0.2, 0.25) is 0 Å². The number of nitrogens with zero attached hydrogens (tertiary/aromatic N) is 6. The van der Waals surface area contributed by atoms with Crippen LogP contribution in [0.1, 0.15) is 12.8 Å². The maximum atomic E-state index is 14.6. The van der Waals surface area contributed by atoms with E-state index in [1.54, 1.807) is 25.2 Å². The van der Waals surface area contributed by atoms with Crippen LogP contribution in [0.2, 0.25) is 0 Å². The highest BCUT2D eigenvalue weighted by molar-refractivity contribution is 5.92. The van der Waals surface area contributed by atoms with Gasteiger partial charge in [-0.2, -0.15) is 0 Å². The highest BCUT2D eigenvalue weighted by Gasteiger charge is 2.25. The molecule has 5 rings (SSSR count). The molecule has 4 aromatic heterocycles. The number of pyridine rings is 1. The summed E-state index contributed by atoms with van der Waals surface area (Å²) in [5, 5.41) is 0.916. The number of likely N-dealkylation sites (tertiary alicyclic amines) is 1. The predicted octanol–water partition coefficient (Wildman–Crippen LogP) is 3.65. The highest BCUT2D eigenvalue weighted by atomic mass is 19.1. The molecule has 4 aromatic rings. The van der Waals surface area contributed by atoms with Gasteiger partial charge in [0.1, 0.15) is 17.1 Å². The van der Waals surface area contributed by atoms with Gasteiger partial charge in [0.15, 0.2) is 11.6 Å². The van der Waals surface area contributed by atoms with Crippen molar-refractivity contribution in [3.63, 3.8) is 0 Å². The Bertz CT molecular complexity index is 1300. The number of nitrogens with one attached hydrogen (secondary N) is 1. The van der Waals surface area contributed by atoms with Crippen LogP contribution in [0.15, 0.2) is 30.9 Å². The van der Waals surface area contributed by atoms with Crippen molar-refractivity contribution in [2.24, 2.45) is 5.92 Å². The molecule has 166 valence electrons. The van der Waals surface area contributed by atoms with Crippen molar-refractivity contribution in [1.29, 1.82) is 0 Å².